The van der Waals surface area contributed by atoms with Crippen molar-refractivity contribution in [1.82, 2.24) is 10.3 Å². The number of benzene rings is 1. The smallest absolute Gasteiger partial charge is 0.330 e. The van der Waals surface area contributed by atoms with Gasteiger partial charge >= 0.3 is 5.97 Å². The van der Waals surface area contributed by atoms with Crippen LogP contribution in [0.4, 0.5) is 0 Å². The number of aromatic nitrogens is 1. The van der Waals surface area contributed by atoms with Gasteiger partial charge in [-0.05, 0) is 62.4 Å². The van der Waals surface area contributed by atoms with Crippen LogP contribution >= 0.6 is 11.6 Å². The molecule has 2 aromatic rings. The maximum atomic E-state index is 12.6. The molecule has 3 rings (SSSR count). The zero-order valence-corrected chi connectivity index (χ0v) is 16.9. The molecule has 0 radical (unpaired) electrons. The Bertz CT molecular complexity index is 876. The van der Waals surface area contributed by atoms with E-state index in [1.807, 2.05) is 12.1 Å². The number of esters is 1. The van der Waals surface area contributed by atoms with Crippen molar-refractivity contribution >= 4 is 23.5 Å². The topological polar surface area (TPSA) is 77.5 Å². The normalized spacial score (nSPS) is 13.7. The van der Waals surface area contributed by atoms with Crippen LogP contribution in [0, 0.1) is 5.92 Å². The number of nitrogens with zero attached hydrogens (tertiary/aromatic N) is 1. The van der Waals surface area contributed by atoms with E-state index in [4.69, 9.17) is 21.1 Å². The van der Waals surface area contributed by atoms with Gasteiger partial charge in [-0.15, -0.1) is 0 Å². The van der Waals surface area contributed by atoms with Crippen molar-refractivity contribution in [2.24, 2.45) is 5.92 Å². The molecule has 28 heavy (non-hydrogen) atoms. The number of ether oxygens (including phenoxy) is 2. The molecule has 1 aliphatic rings. The molecule has 0 atom stereocenters. The van der Waals surface area contributed by atoms with Gasteiger partial charge in [0.15, 0.2) is 0 Å². The molecule has 1 amide bonds. The summed E-state index contributed by atoms with van der Waals surface area (Å²) in [6.07, 6.45) is 2.29. The third kappa shape index (κ3) is 4.81. The Labute approximate surface area is 169 Å². The summed E-state index contributed by atoms with van der Waals surface area (Å²) in [5.74, 6) is -0.0912. The Hall–Kier alpha value is -2.60. The Balaban J connectivity index is 1.88. The van der Waals surface area contributed by atoms with Gasteiger partial charge in [-0.1, -0.05) is 23.7 Å². The Kier molecular flexibility index (Phi) is 5.89. The zero-order valence-electron chi connectivity index (χ0n) is 16.1. The van der Waals surface area contributed by atoms with Gasteiger partial charge < -0.3 is 14.8 Å². The Morgan fingerprint density at radius 2 is 1.86 bits per heavy atom. The van der Waals surface area contributed by atoms with Gasteiger partial charge in [0.1, 0.15) is 11.2 Å². The fraction of sp³-hybridized carbons (Fsp3) is 0.381. The number of amides is 1. The van der Waals surface area contributed by atoms with Crippen LogP contribution in [0.3, 0.4) is 0 Å². The van der Waals surface area contributed by atoms with Gasteiger partial charge in [0.05, 0.1) is 13.7 Å². The molecular formula is C21H23ClN2O4. The lowest BCUT2D eigenvalue weighted by molar-refractivity contribution is -0.146. The number of carbonyl (C=O) groups is 2. The lowest BCUT2D eigenvalue weighted by Crippen LogP contribution is -2.50. The number of pyridine rings is 1. The largest absolute Gasteiger partial charge is 0.477 e. The number of hydrogen-bond donors (Lipinski definition) is 1. The molecule has 1 aromatic heterocycles. The zero-order chi connectivity index (χ0) is 20.3. The quantitative estimate of drug-likeness (QED) is 0.711. The standard InChI is InChI=1S/C21H23ClN2O4/c1-21(2,20(26)27-3)24-18(25)17-11-10-16(14-6-8-15(22)9-7-14)19(23-17)28-12-13-4-5-13/h6-11,13H,4-5,12H2,1-3H3,(H,24,25). The van der Waals surface area contributed by atoms with Gasteiger partial charge in [-0.3, -0.25) is 4.79 Å². The maximum absolute atomic E-state index is 12.6. The third-order valence-corrected chi connectivity index (χ3v) is 4.77. The first kappa shape index (κ1) is 20.1. The van der Waals surface area contributed by atoms with Crippen molar-refractivity contribution in [3.05, 3.63) is 47.1 Å². The second kappa shape index (κ2) is 8.19. The summed E-state index contributed by atoms with van der Waals surface area (Å²) in [4.78, 5) is 28.9. The summed E-state index contributed by atoms with van der Waals surface area (Å²) in [6.45, 7) is 3.71. The summed E-state index contributed by atoms with van der Waals surface area (Å²) >= 11 is 5.98. The van der Waals surface area contributed by atoms with Crippen molar-refractivity contribution in [2.75, 3.05) is 13.7 Å². The first-order valence-corrected chi connectivity index (χ1v) is 9.48. The molecule has 6 nitrogen and oxygen atoms in total. The molecule has 1 heterocycles. The van der Waals surface area contributed by atoms with Crippen LogP contribution < -0.4 is 10.1 Å². The highest BCUT2D eigenvalue weighted by molar-refractivity contribution is 6.30. The van der Waals surface area contributed by atoms with E-state index in [0.717, 1.165) is 24.0 Å². The number of methoxy groups -OCH3 is 1. The fourth-order valence-corrected chi connectivity index (χ4v) is 2.79. The van der Waals surface area contributed by atoms with Crippen molar-refractivity contribution < 1.29 is 19.1 Å². The molecular weight excluding hydrogens is 380 g/mol. The SMILES string of the molecule is COC(=O)C(C)(C)NC(=O)c1ccc(-c2ccc(Cl)cc2)c(OCC2CC2)n1. The van der Waals surface area contributed by atoms with E-state index in [9.17, 15) is 9.59 Å². The highest BCUT2D eigenvalue weighted by atomic mass is 35.5. The minimum atomic E-state index is -1.17. The molecule has 0 spiro atoms. The molecule has 1 saturated carbocycles. The number of carbonyl (C=O) groups excluding carboxylic acids is 2. The van der Waals surface area contributed by atoms with Gasteiger partial charge in [-0.25, -0.2) is 9.78 Å². The summed E-state index contributed by atoms with van der Waals surface area (Å²) in [6, 6.07) is 10.7. The molecule has 0 aliphatic heterocycles. The van der Waals surface area contributed by atoms with E-state index in [2.05, 4.69) is 10.3 Å². The van der Waals surface area contributed by atoms with E-state index < -0.39 is 17.4 Å². The molecule has 0 unspecified atom stereocenters. The Morgan fingerprint density at radius 3 is 2.46 bits per heavy atom. The lowest BCUT2D eigenvalue weighted by Gasteiger charge is -2.23. The van der Waals surface area contributed by atoms with E-state index in [0.29, 0.717) is 23.4 Å². The van der Waals surface area contributed by atoms with E-state index in [1.165, 1.54) is 7.11 Å². The van der Waals surface area contributed by atoms with Crippen molar-refractivity contribution in [2.45, 2.75) is 32.2 Å². The number of nitrogens with one attached hydrogen (secondary N) is 1. The second-order valence-corrected chi connectivity index (χ2v) is 7.82. The van der Waals surface area contributed by atoms with E-state index in [-0.39, 0.29) is 5.69 Å². The molecule has 0 bridgehead atoms. The van der Waals surface area contributed by atoms with Gasteiger partial charge in [0.2, 0.25) is 5.88 Å². The average molecular weight is 403 g/mol. The molecule has 7 heteroatoms. The summed E-state index contributed by atoms with van der Waals surface area (Å²) in [5, 5.41) is 3.28. The first-order valence-electron chi connectivity index (χ1n) is 9.11. The third-order valence-electron chi connectivity index (χ3n) is 4.52. The maximum Gasteiger partial charge on any atom is 0.330 e. The highest BCUT2D eigenvalue weighted by Crippen LogP contribution is 2.33. The summed E-state index contributed by atoms with van der Waals surface area (Å²) < 4.78 is 10.6. The summed E-state index contributed by atoms with van der Waals surface area (Å²) in [7, 11) is 1.28. The fourth-order valence-electron chi connectivity index (χ4n) is 2.66. The molecule has 1 aromatic carbocycles. The van der Waals surface area contributed by atoms with Crippen LogP contribution in [0.2, 0.25) is 5.02 Å². The van der Waals surface area contributed by atoms with Crippen LogP contribution in [-0.4, -0.2) is 36.1 Å². The number of hydrogen-bond acceptors (Lipinski definition) is 5. The van der Waals surface area contributed by atoms with Gasteiger partial charge in [0.25, 0.3) is 5.91 Å². The van der Waals surface area contributed by atoms with Crippen LogP contribution in [0.1, 0.15) is 37.2 Å². The second-order valence-electron chi connectivity index (χ2n) is 7.38. The highest BCUT2D eigenvalue weighted by Gasteiger charge is 2.31. The van der Waals surface area contributed by atoms with Crippen LogP contribution in [0.5, 0.6) is 5.88 Å². The number of halogens is 1. The van der Waals surface area contributed by atoms with Crippen LogP contribution in [0.25, 0.3) is 11.1 Å². The minimum absolute atomic E-state index is 0.167. The molecule has 1 fully saturated rings. The lowest BCUT2D eigenvalue weighted by atomic mass is 10.0. The molecule has 0 saturated heterocycles. The minimum Gasteiger partial charge on any atom is -0.477 e. The average Bonchev–Trinajstić information content (AvgIpc) is 3.50. The molecule has 1 aliphatic carbocycles. The monoisotopic (exact) mass is 402 g/mol. The van der Waals surface area contributed by atoms with Crippen LogP contribution in [0.15, 0.2) is 36.4 Å². The number of rotatable bonds is 7. The van der Waals surface area contributed by atoms with Crippen molar-refractivity contribution in [1.29, 1.82) is 0 Å². The predicted octanol–water partition coefficient (Wildman–Crippen LogP) is 3.87. The first-order chi connectivity index (χ1) is 13.3. The van der Waals surface area contributed by atoms with Gasteiger partial charge in [-0.2, -0.15) is 0 Å². The molecule has 1 N–H and O–H groups in total. The molecule has 148 valence electrons. The predicted molar refractivity (Wildman–Crippen MR) is 106 cm³/mol. The summed E-state index contributed by atoms with van der Waals surface area (Å²) in [5.41, 5.74) is 0.670. The van der Waals surface area contributed by atoms with Crippen molar-refractivity contribution in [3.8, 4) is 17.0 Å². The van der Waals surface area contributed by atoms with Crippen LogP contribution in [-0.2, 0) is 9.53 Å². The van der Waals surface area contributed by atoms with Crippen molar-refractivity contribution in [3.63, 3.8) is 0 Å². The van der Waals surface area contributed by atoms with Gasteiger partial charge in [0, 0.05) is 10.6 Å². The van der Waals surface area contributed by atoms with E-state index in [1.54, 1.807) is 38.1 Å². The Morgan fingerprint density at radius 1 is 1.18 bits per heavy atom. The van der Waals surface area contributed by atoms with E-state index >= 15 is 0 Å².